The minimum atomic E-state index is -1.02. The highest BCUT2D eigenvalue weighted by atomic mass is 16.6. The van der Waals surface area contributed by atoms with Gasteiger partial charge >= 0.3 is 6.09 Å². The highest BCUT2D eigenvalue weighted by molar-refractivity contribution is 5.92. The normalized spacial score (nSPS) is 13.0. The van der Waals surface area contributed by atoms with Gasteiger partial charge in [-0.1, -0.05) is 54.6 Å². The third kappa shape index (κ3) is 8.68. The van der Waals surface area contributed by atoms with Crippen LogP contribution in [0.15, 0.2) is 54.6 Å². The Balaban J connectivity index is 2.51. The molecule has 2 atom stereocenters. The van der Waals surface area contributed by atoms with Crippen LogP contribution in [0, 0.1) is 6.92 Å². The van der Waals surface area contributed by atoms with Crippen LogP contribution >= 0.6 is 0 Å². The van der Waals surface area contributed by atoms with E-state index in [4.69, 9.17) is 4.74 Å². The number of amides is 3. The molecule has 0 bridgehead atoms. The van der Waals surface area contributed by atoms with Crippen molar-refractivity contribution >= 4 is 17.9 Å². The fraction of sp³-hybridized carbons (Fsp3) is 0.464. The van der Waals surface area contributed by atoms with E-state index in [1.807, 2.05) is 63.2 Å². The Morgan fingerprint density at radius 1 is 0.972 bits per heavy atom. The van der Waals surface area contributed by atoms with Crippen LogP contribution in [0.2, 0.25) is 0 Å². The molecular weight excluding hydrogens is 458 g/mol. The van der Waals surface area contributed by atoms with Gasteiger partial charge in [0.1, 0.15) is 17.7 Å². The SMILES string of the molecule is Cc1ccccc1C(C(=O)NC(C)C)N(CCO)C(=O)C(Cc1ccccc1)NC(=O)OC(C)(C)C. The molecule has 2 rings (SSSR count). The lowest BCUT2D eigenvalue weighted by atomic mass is 9.97. The zero-order valence-corrected chi connectivity index (χ0v) is 22.1. The number of ether oxygens (including phenoxy) is 1. The van der Waals surface area contributed by atoms with Gasteiger partial charge in [-0.2, -0.15) is 0 Å². The van der Waals surface area contributed by atoms with E-state index in [-0.39, 0.29) is 31.5 Å². The fourth-order valence-electron chi connectivity index (χ4n) is 3.88. The second kappa shape index (κ2) is 13.1. The summed E-state index contributed by atoms with van der Waals surface area (Å²) in [5, 5.41) is 15.5. The van der Waals surface area contributed by atoms with Gasteiger partial charge in [-0.05, 0) is 58.2 Å². The summed E-state index contributed by atoms with van der Waals surface area (Å²) < 4.78 is 5.41. The number of aliphatic hydroxyl groups excluding tert-OH is 1. The quantitative estimate of drug-likeness (QED) is 0.466. The molecule has 8 heteroatoms. The van der Waals surface area contributed by atoms with Gasteiger partial charge in [0.2, 0.25) is 11.8 Å². The molecule has 0 aliphatic carbocycles. The van der Waals surface area contributed by atoms with Gasteiger partial charge in [0.05, 0.1) is 6.61 Å². The monoisotopic (exact) mass is 497 g/mol. The molecule has 0 fully saturated rings. The average molecular weight is 498 g/mol. The van der Waals surface area contributed by atoms with Crippen LogP contribution < -0.4 is 10.6 Å². The van der Waals surface area contributed by atoms with Crippen LogP contribution in [0.1, 0.15) is 57.4 Å². The van der Waals surface area contributed by atoms with Gasteiger partial charge < -0.3 is 25.4 Å². The summed E-state index contributed by atoms with van der Waals surface area (Å²) >= 11 is 0. The van der Waals surface area contributed by atoms with Gasteiger partial charge in [-0.15, -0.1) is 0 Å². The van der Waals surface area contributed by atoms with Crippen molar-refractivity contribution in [2.24, 2.45) is 0 Å². The summed E-state index contributed by atoms with van der Waals surface area (Å²) in [7, 11) is 0. The lowest BCUT2D eigenvalue weighted by molar-refractivity contribution is -0.143. The molecule has 0 spiro atoms. The molecule has 2 aromatic rings. The number of nitrogens with one attached hydrogen (secondary N) is 2. The van der Waals surface area contributed by atoms with Crippen molar-refractivity contribution in [2.45, 2.75) is 71.7 Å². The molecule has 3 amide bonds. The maximum atomic E-state index is 14.0. The number of carbonyl (C=O) groups is 3. The molecule has 0 aromatic heterocycles. The van der Waals surface area contributed by atoms with Crippen LogP contribution in [-0.2, 0) is 20.7 Å². The van der Waals surface area contributed by atoms with E-state index < -0.39 is 29.7 Å². The zero-order chi connectivity index (χ0) is 26.9. The minimum absolute atomic E-state index is 0.0926. The Kier molecular flexibility index (Phi) is 10.5. The maximum absolute atomic E-state index is 14.0. The van der Waals surface area contributed by atoms with Gasteiger partial charge in [0.25, 0.3) is 0 Å². The molecule has 2 unspecified atom stereocenters. The second-order valence-electron chi connectivity index (χ2n) is 10.1. The number of hydrogen-bond acceptors (Lipinski definition) is 5. The highest BCUT2D eigenvalue weighted by Gasteiger charge is 2.36. The summed E-state index contributed by atoms with van der Waals surface area (Å²) in [5.74, 6) is -0.859. The number of alkyl carbamates (subject to hydrolysis) is 1. The van der Waals surface area contributed by atoms with Gasteiger partial charge in [-0.25, -0.2) is 4.79 Å². The molecule has 0 saturated heterocycles. The lowest BCUT2D eigenvalue weighted by Crippen LogP contribution is -2.55. The predicted octanol–water partition coefficient (Wildman–Crippen LogP) is 3.52. The van der Waals surface area contributed by atoms with E-state index in [1.54, 1.807) is 32.9 Å². The molecule has 3 N–H and O–H groups in total. The van der Waals surface area contributed by atoms with Crippen molar-refractivity contribution in [3.63, 3.8) is 0 Å². The summed E-state index contributed by atoms with van der Waals surface area (Å²) in [6.07, 6.45) is -0.549. The smallest absolute Gasteiger partial charge is 0.408 e. The van der Waals surface area contributed by atoms with E-state index in [9.17, 15) is 19.5 Å². The average Bonchev–Trinajstić information content (AvgIpc) is 2.78. The predicted molar refractivity (Wildman–Crippen MR) is 139 cm³/mol. The number of aryl methyl sites for hydroxylation is 1. The van der Waals surface area contributed by atoms with Crippen molar-refractivity contribution in [2.75, 3.05) is 13.2 Å². The second-order valence-corrected chi connectivity index (χ2v) is 10.1. The number of nitrogens with zero attached hydrogens (tertiary/aromatic N) is 1. The molecule has 0 radical (unpaired) electrons. The number of rotatable bonds is 10. The topological polar surface area (TPSA) is 108 Å². The molecule has 8 nitrogen and oxygen atoms in total. The summed E-state index contributed by atoms with van der Waals surface area (Å²) in [6, 6.07) is 14.4. The number of aliphatic hydroxyl groups is 1. The van der Waals surface area contributed by atoms with E-state index in [2.05, 4.69) is 10.6 Å². The Morgan fingerprint density at radius 3 is 2.14 bits per heavy atom. The van der Waals surface area contributed by atoms with E-state index in [0.29, 0.717) is 5.56 Å². The van der Waals surface area contributed by atoms with E-state index >= 15 is 0 Å². The van der Waals surface area contributed by atoms with Crippen molar-refractivity contribution in [3.8, 4) is 0 Å². The number of carbonyl (C=O) groups excluding carboxylic acids is 3. The van der Waals surface area contributed by atoms with E-state index in [1.165, 1.54) is 4.90 Å². The number of benzene rings is 2. The summed E-state index contributed by atoms with van der Waals surface area (Å²) in [5.41, 5.74) is 1.55. The molecule has 0 heterocycles. The van der Waals surface area contributed by atoms with Crippen molar-refractivity contribution in [1.29, 1.82) is 0 Å². The van der Waals surface area contributed by atoms with Crippen LogP contribution in [0.4, 0.5) is 4.79 Å². The standard InChI is InChI=1S/C28H39N3O5/c1-19(2)29-25(33)24(22-15-11-10-12-20(22)3)31(16-17-32)26(34)23(18-21-13-8-7-9-14-21)30-27(35)36-28(4,5)6/h7-15,19,23-24,32H,16-18H2,1-6H3,(H,29,33)(H,30,35). The Bertz CT molecular complexity index is 1020. The molecule has 36 heavy (non-hydrogen) atoms. The fourth-order valence-corrected chi connectivity index (χ4v) is 3.88. The van der Waals surface area contributed by atoms with Crippen LogP contribution in [0.5, 0.6) is 0 Å². The molecule has 0 aliphatic rings. The third-order valence-electron chi connectivity index (χ3n) is 5.37. The van der Waals surface area contributed by atoms with E-state index in [0.717, 1.165) is 11.1 Å². The Hall–Kier alpha value is -3.39. The molecule has 196 valence electrons. The largest absolute Gasteiger partial charge is 0.444 e. The first-order valence-corrected chi connectivity index (χ1v) is 12.2. The lowest BCUT2D eigenvalue weighted by Gasteiger charge is -2.35. The maximum Gasteiger partial charge on any atom is 0.408 e. The van der Waals surface area contributed by atoms with Crippen LogP contribution in [0.3, 0.4) is 0 Å². The van der Waals surface area contributed by atoms with Crippen molar-refractivity contribution < 1.29 is 24.2 Å². The van der Waals surface area contributed by atoms with Crippen LogP contribution in [-0.4, -0.2) is 58.8 Å². The molecule has 2 aromatic carbocycles. The first kappa shape index (κ1) is 28.8. The number of hydrogen-bond donors (Lipinski definition) is 3. The molecular formula is C28H39N3O5. The summed E-state index contributed by atoms with van der Waals surface area (Å²) in [4.78, 5) is 41.5. The van der Waals surface area contributed by atoms with Gasteiger partial charge in [-0.3, -0.25) is 9.59 Å². The summed E-state index contributed by atoms with van der Waals surface area (Å²) in [6.45, 7) is 10.3. The zero-order valence-electron chi connectivity index (χ0n) is 22.1. The first-order valence-electron chi connectivity index (χ1n) is 12.2. The Morgan fingerprint density at radius 2 is 1.58 bits per heavy atom. The third-order valence-corrected chi connectivity index (χ3v) is 5.37. The first-order chi connectivity index (χ1) is 16.9. The van der Waals surface area contributed by atoms with Gasteiger partial charge in [0, 0.05) is 19.0 Å². The van der Waals surface area contributed by atoms with Crippen molar-refractivity contribution in [1.82, 2.24) is 15.5 Å². The van der Waals surface area contributed by atoms with Gasteiger partial charge in [0.15, 0.2) is 0 Å². The minimum Gasteiger partial charge on any atom is -0.444 e. The highest BCUT2D eigenvalue weighted by Crippen LogP contribution is 2.26. The van der Waals surface area contributed by atoms with Crippen LogP contribution in [0.25, 0.3) is 0 Å². The van der Waals surface area contributed by atoms with Crippen molar-refractivity contribution in [3.05, 3.63) is 71.3 Å². The Labute approximate surface area is 214 Å². The molecule has 0 aliphatic heterocycles. The molecule has 0 saturated carbocycles.